The smallest absolute Gasteiger partial charge is 0.233 e. The molecule has 1 aliphatic heterocycles. The van der Waals surface area contributed by atoms with Crippen LogP contribution in [-0.2, 0) is 11.2 Å². The number of aromatic amines is 1. The van der Waals surface area contributed by atoms with Gasteiger partial charge in [0.2, 0.25) is 11.1 Å². The number of rotatable bonds is 6. The van der Waals surface area contributed by atoms with Crippen molar-refractivity contribution < 1.29 is 4.79 Å². The van der Waals surface area contributed by atoms with E-state index in [0.717, 1.165) is 43.7 Å². The van der Waals surface area contributed by atoms with Gasteiger partial charge in [0.25, 0.3) is 0 Å². The maximum absolute atomic E-state index is 12.6. The number of aromatic nitrogens is 3. The summed E-state index contributed by atoms with van der Waals surface area (Å²) in [5, 5.41) is 7.83. The number of carbonyl (C=O) groups excluding carboxylic acids is 1. The highest BCUT2D eigenvalue weighted by atomic mass is 32.2. The Morgan fingerprint density at radius 2 is 1.83 bits per heavy atom. The Bertz CT molecular complexity index is 931. The summed E-state index contributed by atoms with van der Waals surface area (Å²) in [6.45, 7) is 3.75. The van der Waals surface area contributed by atoms with Crippen molar-refractivity contribution in [1.82, 2.24) is 20.1 Å². The van der Waals surface area contributed by atoms with Crippen molar-refractivity contribution in [2.24, 2.45) is 5.92 Å². The molecule has 1 aromatic heterocycles. The number of H-pyrrole nitrogens is 1. The Morgan fingerprint density at radius 3 is 2.55 bits per heavy atom. The highest BCUT2D eigenvalue weighted by Crippen LogP contribution is 2.24. The summed E-state index contributed by atoms with van der Waals surface area (Å²) in [7, 11) is 0. The number of amides is 1. The summed E-state index contributed by atoms with van der Waals surface area (Å²) in [6, 6.07) is 18.8. The van der Waals surface area contributed by atoms with Crippen LogP contribution >= 0.6 is 11.8 Å². The molecule has 0 aliphatic carbocycles. The van der Waals surface area contributed by atoms with E-state index in [2.05, 4.69) is 64.6 Å². The first-order valence-corrected chi connectivity index (χ1v) is 11.1. The predicted octanol–water partition coefficient (Wildman–Crippen LogP) is 4.35. The fraction of sp³-hybridized carbons (Fsp3) is 0.348. The second kappa shape index (κ2) is 9.27. The third-order valence-electron chi connectivity index (χ3n) is 5.45. The summed E-state index contributed by atoms with van der Waals surface area (Å²) in [4.78, 5) is 19.1. The van der Waals surface area contributed by atoms with E-state index in [9.17, 15) is 4.79 Å². The molecular weight excluding hydrogens is 380 g/mol. The molecule has 2 heterocycles. The van der Waals surface area contributed by atoms with E-state index in [1.165, 1.54) is 22.9 Å². The topological polar surface area (TPSA) is 61.9 Å². The minimum Gasteiger partial charge on any atom is -0.342 e. The third kappa shape index (κ3) is 5.26. The van der Waals surface area contributed by atoms with Crippen LogP contribution in [0.25, 0.3) is 11.4 Å². The first-order valence-electron chi connectivity index (χ1n) is 10.1. The molecule has 1 aliphatic rings. The first-order chi connectivity index (χ1) is 14.2. The van der Waals surface area contributed by atoms with Crippen LogP contribution in [0.2, 0.25) is 0 Å². The molecule has 0 bridgehead atoms. The number of likely N-dealkylation sites (tertiary alicyclic amines) is 1. The predicted molar refractivity (Wildman–Crippen MR) is 117 cm³/mol. The lowest BCUT2D eigenvalue weighted by atomic mass is 9.90. The minimum atomic E-state index is 0.176. The molecule has 0 atom stereocenters. The monoisotopic (exact) mass is 406 g/mol. The van der Waals surface area contributed by atoms with Gasteiger partial charge in [0, 0.05) is 18.7 Å². The van der Waals surface area contributed by atoms with Crippen molar-refractivity contribution in [1.29, 1.82) is 0 Å². The highest BCUT2D eigenvalue weighted by Gasteiger charge is 2.23. The molecule has 150 valence electrons. The maximum Gasteiger partial charge on any atom is 0.233 e. The van der Waals surface area contributed by atoms with Gasteiger partial charge in [-0.2, -0.15) is 0 Å². The fourth-order valence-corrected chi connectivity index (χ4v) is 4.40. The molecule has 5 nitrogen and oxygen atoms in total. The lowest BCUT2D eigenvalue weighted by molar-refractivity contribution is -0.129. The van der Waals surface area contributed by atoms with Gasteiger partial charge in [-0.15, -0.1) is 5.10 Å². The normalized spacial score (nSPS) is 14.9. The molecule has 6 heteroatoms. The molecule has 1 fully saturated rings. The van der Waals surface area contributed by atoms with Gasteiger partial charge in [-0.25, -0.2) is 4.98 Å². The Labute approximate surface area is 175 Å². The van der Waals surface area contributed by atoms with Crippen molar-refractivity contribution >= 4 is 17.7 Å². The summed E-state index contributed by atoms with van der Waals surface area (Å²) in [6.07, 6.45) is 3.25. The summed E-state index contributed by atoms with van der Waals surface area (Å²) in [5.41, 5.74) is 3.60. The number of benzene rings is 2. The second-order valence-corrected chi connectivity index (χ2v) is 8.58. The summed E-state index contributed by atoms with van der Waals surface area (Å²) in [5.74, 6) is 1.96. The standard InChI is InChI=1S/C23H26N4OS/c1-17-7-9-20(10-8-17)22-24-23(26-25-22)29-16-21(28)27-13-11-19(12-14-27)15-18-5-3-2-4-6-18/h2-10,19H,11-16H2,1H3,(H,24,25,26). The van der Waals surface area contributed by atoms with Crippen LogP contribution in [0, 0.1) is 12.8 Å². The van der Waals surface area contributed by atoms with Crippen LogP contribution in [0.4, 0.5) is 0 Å². The fourth-order valence-electron chi connectivity index (χ4n) is 3.70. The first kappa shape index (κ1) is 19.7. The number of thioether (sulfide) groups is 1. The Kier molecular flexibility index (Phi) is 6.30. The molecule has 4 rings (SSSR count). The number of hydrogen-bond donors (Lipinski definition) is 1. The summed E-state index contributed by atoms with van der Waals surface area (Å²) < 4.78 is 0. The number of piperidine rings is 1. The van der Waals surface area contributed by atoms with Crippen LogP contribution in [0.5, 0.6) is 0 Å². The molecular formula is C23H26N4OS. The zero-order valence-electron chi connectivity index (χ0n) is 16.7. The van der Waals surface area contributed by atoms with Crippen molar-refractivity contribution in [3.05, 3.63) is 65.7 Å². The number of nitrogens with zero attached hydrogens (tertiary/aromatic N) is 3. The molecule has 1 N–H and O–H groups in total. The molecule has 3 aromatic rings. The van der Waals surface area contributed by atoms with Crippen molar-refractivity contribution in [3.8, 4) is 11.4 Å². The van der Waals surface area contributed by atoms with Crippen molar-refractivity contribution in [2.75, 3.05) is 18.8 Å². The molecule has 2 aromatic carbocycles. The van der Waals surface area contributed by atoms with Gasteiger partial charge in [-0.3, -0.25) is 9.89 Å². The maximum atomic E-state index is 12.6. The number of nitrogens with one attached hydrogen (secondary N) is 1. The van der Waals surface area contributed by atoms with Crippen molar-refractivity contribution in [3.63, 3.8) is 0 Å². The zero-order chi connectivity index (χ0) is 20.1. The van der Waals surface area contributed by atoms with E-state index < -0.39 is 0 Å². The van der Waals surface area contributed by atoms with E-state index in [-0.39, 0.29) is 5.91 Å². The molecule has 0 spiro atoms. The quantitative estimate of drug-likeness (QED) is 0.618. The van der Waals surface area contributed by atoms with Crippen LogP contribution in [0.3, 0.4) is 0 Å². The Morgan fingerprint density at radius 1 is 1.10 bits per heavy atom. The van der Waals surface area contributed by atoms with Gasteiger partial charge in [-0.05, 0) is 37.7 Å². The van der Waals surface area contributed by atoms with Crippen molar-refractivity contribution in [2.45, 2.75) is 31.3 Å². The molecule has 0 unspecified atom stereocenters. The van der Waals surface area contributed by atoms with Crippen LogP contribution in [0.1, 0.15) is 24.0 Å². The largest absolute Gasteiger partial charge is 0.342 e. The number of aryl methyl sites for hydroxylation is 1. The van der Waals surface area contributed by atoms with Gasteiger partial charge >= 0.3 is 0 Å². The minimum absolute atomic E-state index is 0.176. The average molecular weight is 407 g/mol. The van der Waals surface area contributed by atoms with E-state index in [1.54, 1.807) is 0 Å². The van der Waals surface area contributed by atoms with E-state index in [0.29, 0.717) is 16.8 Å². The SMILES string of the molecule is Cc1ccc(-c2nc(SCC(=O)N3CCC(Cc4ccccc4)CC3)n[nH]2)cc1. The van der Waals surface area contributed by atoms with Gasteiger partial charge in [0.15, 0.2) is 5.82 Å². The zero-order valence-corrected chi connectivity index (χ0v) is 17.5. The number of carbonyl (C=O) groups is 1. The van der Waals surface area contributed by atoms with E-state index in [1.807, 2.05) is 17.0 Å². The molecule has 0 saturated carbocycles. The van der Waals surface area contributed by atoms with Gasteiger partial charge in [0.1, 0.15) is 0 Å². The molecule has 0 radical (unpaired) electrons. The van der Waals surface area contributed by atoms with Gasteiger partial charge in [0.05, 0.1) is 5.75 Å². The average Bonchev–Trinajstić information content (AvgIpc) is 3.23. The number of hydrogen-bond acceptors (Lipinski definition) is 4. The Hall–Kier alpha value is -2.60. The highest BCUT2D eigenvalue weighted by molar-refractivity contribution is 7.99. The second-order valence-electron chi connectivity index (χ2n) is 7.64. The van der Waals surface area contributed by atoms with Crippen LogP contribution in [-0.4, -0.2) is 44.8 Å². The lowest BCUT2D eigenvalue weighted by Gasteiger charge is -2.32. The Balaban J connectivity index is 1.24. The third-order valence-corrected chi connectivity index (χ3v) is 6.28. The van der Waals surface area contributed by atoms with Crippen LogP contribution < -0.4 is 0 Å². The van der Waals surface area contributed by atoms with E-state index >= 15 is 0 Å². The molecule has 1 saturated heterocycles. The van der Waals surface area contributed by atoms with E-state index in [4.69, 9.17) is 0 Å². The lowest BCUT2D eigenvalue weighted by Crippen LogP contribution is -2.39. The molecule has 29 heavy (non-hydrogen) atoms. The van der Waals surface area contributed by atoms with Gasteiger partial charge in [-0.1, -0.05) is 71.9 Å². The molecule has 1 amide bonds. The van der Waals surface area contributed by atoms with Crippen LogP contribution in [0.15, 0.2) is 59.8 Å². The van der Waals surface area contributed by atoms with Gasteiger partial charge < -0.3 is 4.90 Å². The summed E-state index contributed by atoms with van der Waals surface area (Å²) >= 11 is 1.40.